The van der Waals surface area contributed by atoms with Crippen molar-refractivity contribution in [3.8, 4) is 0 Å². The zero-order valence-electron chi connectivity index (χ0n) is 7.72. The molecule has 2 heteroatoms. The summed E-state index contributed by atoms with van der Waals surface area (Å²) in [5, 5.41) is 0. The van der Waals surface area contributed by atoms with Crippen molar-refractivity contribution in [2.45, 2.75) is 32.4 Å². The van der Waals surface area contributed by atoms with E-state index in [2.05, 4.69) is 32.8 Å². The molecule has 0 bridgehead atoms. The van der Waals surface area contributed by atoms with Crippen LogP contribution in [0.4, 0.5) is 0 Å². The number of rotatable bonds is 4. The van der Waals surface area contributed by atoms with Gasteiger partial charge in [-0.3, -0.25) is 0 Å². The molecule has 0 aliphatic carbocycles. The molecule has 0 saturated carbocycles. The van der Waals surface area contributed by atoms with Crippen LogP contribution in [0.5, 0.6) is 0 Å². The summed E-state index contributed by atoms with van der Waals surface area (Å²) in [7, 11) is 5.93. The second-order valence-electron chi connectivity index (χ2n) is 2.88. The Labute approximate surface area is 64.2 Å². The Bertz CT molecular complexity index is 83.3. The van der Waals surface area contributed by atoms with Gasteiger partial charge in [-0.2, -0.15) is 0 Å². The molecule has 0 aromatic carbocycles. The number of nitrogens with zero attached hydrogens (tertiary/aromatic N) is 1. The zero-order valence-corrected chi connectivity index (χ0v) is 7.72. The molecule has 0 aliphatic rings. The van der Waals surface area contributed by atoms with Gasteiger partial charge in [-0.1, -0.05) is 6.92 Å². The van der Waals surface area contributed by atoms with E-state index in [1.54, 1.807) is 7.11 Å². The maximum atomic E-state index is 5.22. The molecule has 2 unspecified atom stereocenters. The number of hydrogen-bond donors (Lipinski definition) is 0. The summed E-state index contributed by atoms with van der Waals surface area (Å²) in [6, 6.07) is 0.546. The Hall–Kier alpha value is -0.0800. The smallest absolute Gasteiger partial charge is 0.0698 e. The molecule has 62 valence electrons. The van der Waals surface area contributed by atoms with Gasteiger partial charge in [0.25, 0.3) is 0 Å². The molecule has 0 heterocycles. The van der Waals surface area contributed by atoms with Crippen LogP contribution < -0.4 is 0 Å². The van der Waals surface area contributed by atoms with Crippen LogP contribution in [-0.2, 0) is 4.74 Å². The predicted octanol–water partition coefficient (Wildman–Crippen LogP) is 1.36. The summed E-state index contributed by atoms with van der Waals surface area (Å²) in [5.41, 5.74) is 0. The van der Waals surface area contributed by atoms with Gasteiger partial charge in [-0.05, 0) is 27.4 Å². The van der Waals surface area contributed by atoms with Crippen LogP contribution in [0.2, 0.25) is 0 Å². The molecule has 0 aromatic rings. The van der Waals surface area contributed by atoms with Gasteiger partial charge in [0, 0.05) is 13.2 Å². The van der Waals surface area contributed by atoms with Gasteiger partial charge in [-0.15, -0.1) is 0 Å². The minimum absolute atomic E-state index is 0.333. The van der Waals surface area contributed by atoms with Crippen LogP contribution in [0.25, 0.3) is 0 Å². The lowest BCUT2D eigenvalue weighted by molar-refractivity contribution is 0.0438. The van der Waals surface area contributed by atoms with Crippen LogP contribution in [0, 0.1) is 0 Å². The van der Waals surface area contributed by atoms with E-state index in [9.17, 15) is 0 Å². The summed E-state index contributed by atoms with van der Waals surface area (Å²) in [6.07, 6.45) is 1.47. The van der Waals surface area contributed by atoms with Gasteiger partial charge >= 0.3 is 0 Å². The van der Waals surface area contributed by atoms with Gasteiger partial charge in [0.15, 0.2) is 0 Å². The molecule has 2 nitrogen and oxygen atoms in total. The lowest BCUT2D eigenvalue weighted by Gasteiger charge is -2.27. The Kier molecular flexibility index (Phi) is 4.65. The topological polar surface area (TPSA) is 12.5 Å². The molecule has 0 N–H and O–H groups in total. The Morgan fingerprint density at radius 1 is 1.40 bits per heavy atom. The van der Waals surface area contributed by atoms with Crippen molar-refractivity contribution in [1.82, 2.24) is 4.90 Å². The highest BCUT2D eigenvalue weighted by Gasteiger charge is 2.15. The van der Waals surface area contributed by atoms with Crippen LogP contribution in [0.3, 0.4) is 0 Å². The number of hydrogen-bond acceptors (Lipinski definition) is 2. The third-order valence-electron chi connectivity index (χ3n) is 2.00. The molecular formula is C8H19NO. The van der Waals surface area contributed by atoms with Crippen LogP contribution >= 0.6 is 0 Å². The van der Waals surface area contributed by atoms with E-state index in [1.165, 1.54) is 0 Å². The fraction of sp³-hybridized carbons (Fsp3) is 1.00. The third-order valence-corrected chi connectivity index (χ3v) is 2.00. The average Bonchev–Trinajstić information content (AvgIpc) is 1.88. The Morgan fingerprint density at radius 3 is 2.00 bits per heavy atom. The predicted molar refractivity (Wildman–Crippen MR) is 44.2 cm³/mol. The van der Waals surface area contributed by atoms with Crippen molar-refractivity contribution in [2.75, 3.05) is 21.2 Å². The first kappa shape index (κ1) is 9.92. The lowest BCUT2D eigenvalue weighted by Crippen LogP contribution is -2.37. The first-order valence-corrected chi connectivity index (χ1v) is 3.82. The van der Waals surface area contributed by atoms with Crippen molar-refractivity contribution >= 4 is 0 Å². The molecule has 0 aromatic heterocycles. The molecular weight excluding hydrogens is 126 g/mol. The largest absolute Gasteiger partial charge is 0.380 e. The molecule has 0 saturated heterocycles. The molecule has 0 amide bonds. The second kappa shape index (κ2) is 4.69. The molecule has 0 rings (SSSR count). The fourth-order valence-electron chi connectivity index (χ4n) is 1.27. The number of ether oxygens (including phenoxy) is 1. The Balaban J connectivity index is 3.80. The highest BCUT2D eigenvalue weighted by molar-refractivity contribution is 4.70. The molecule has 10 heavy (non-hydrogen) atoms. The maximum absolute atomic E-state index is 5.22. The van der Waals surface area contributed by atoms with Crippen molar-refractivity contribution in [1.29, 1.82) is 0 Å². The molecule has 0 fully saturated rings. The van der Waals surface area contributed by atoms with Gasteiger partial charge in [0.2, 0.25) is 0 Å². The summed E-state index contributed by atoms with van der Waals surface area (Å²) < 4.78 is 5.22. The minimum Gasteiger partial charge on any atom is -0.380 e. The normalized spacial score (nSPS) is 17.4. The average molecular weight is 145 g/mol. The van der Waals surface area contributed by atoms with Crippen molar-refractivity contribution < 1.29 is 4.74 Å². The van der Waals surface area contributed by atoms with E-state index in [0.29, 0.717) is 12.1 Å². The monoisotopic (exact) mass is 145 g/mol. The quantitative estimate of drug-likeness (QED) is 0.592. The van der Waals surface area contributed by atoms with Gasteiger partial charge in [0.1, 0.15) is 0 Å². The third kappa shape index (κ3) is 2.67. The summed E-state index contributed by atoms with van der Waals surface area (Å²) >= 11 is 0. The Morgan fingerprint density at radius 2 is 1.90 bits per heavy atom. The highest BCUT2D eigenvalue weighted by atomic mass is 16.5. The van der Waals surface area contributed by atoms with E-state index in [0.717, 1.165) is 6.42 Å². The number of methoxy groups -OCH3 is 1. The van der Waals surface area contributed by atoms with Crippen LogP contribution in [-0.4, -0.2) is 38.3 Å². The van der Waals surface area contributed by atoms with Gasteiger partial charge in [0.05, 0.1) is 6.10 Å². The SMILES string of the molecule is CCC(C(C)OC)N(C)C. The van der Waals surface area contributed by atoms with Gasteiger partial charge in [-0.25, -0.2) is 0 Å². The van der Waals surface area contributed by atoms with Crippen molar-refractivity contribution in [3.05, 3.63) is 0 Å². The van der Waals surface area contributed by atoms with E-state index < -0.39 is 0 Å². The second-order valence-corrected chi connectivity index (χ2v) is 2.88. The molecule has 0 aliphatic heterocycles. The van der Waals surface area contributed by atoms with Crippen molar-refractivity contribution in [3.63, 3.8) is 0 Å². The highest BCUT2D eigenvalue weighted by Crippen LogP contribution is 2.06. The van der Waals surface area contributed by atoms with E-state index in [1.807, 2.05) is 0 Å². The fourth-order valence-corrected chi connectivity index (χ4v) is 1.27. The lowest BCUT2D eigenvalue weighted by atomic mass is 10.1. The molecule has 2 atom stereocenters. The van der Waals surface area contributed by atoms with E-state index in [4.69, 9.17) is 4.74 Å². The molecule has 0 radical (unpaired) electrons. The van der Waals surface area contributed by atoms with Gasteiger partial charge < -0.3 is 9.64 Å². The first-order chi connectivity index (χ1) is 4.63. The zero-order chi connectivity index (χ0) is 8.15. The standard InChI is InChI=1S/C8H19NO/c1-6-8(9(3)4)7(2)10-5/h7-8H,6H2,1-5H3. The first-order valence-electron chi connectivity index (χ1n) is 3.82. The van der Waals surface area contributed by atoms with Crippen LogP contribution in [0.15, 0.2) is 0 Å². The summed E-state index contributed by atoms with van der Waals surface area (Å²) in [6.45, 7) is 4.29. The molecule has 0 spiro atoms. The minimum atomic E-state index is 0.333. The van der Waals surface area contributed by atoms with E-state index >= 15 is 0 Å². The summed E-state index contributed by atoms with van der Waals surface area (Å²) in [4.78, 5) is 2.20. The van der Waals surface area contributed by atoms with Crippen LogP contribution in [0.1, 0.15) is 20.3 Å². The maximum Gasteiger partial charge on any atom is 0.0698 e. The summed E-state index contributed by atoms with van der Waals surface area (Å²) in [5.74, 6) is 0. The van der Waals surface area contributed by atoms with E-state index in [-0.39, 0.29) is 0 Å². The number of likely N-dealkylation sites (N-methyl/N-ethyl adjacent to an activating group) is 1. The van der Waals surface area contributed by atoms with Crippen molar-refractivity contribution in [2.24, 2.45) is 0 Å².